The van der Waals surface area contributed by atoms with Crippen molar-refractivity contribution in [2.45, 2.75) is 24.3 Å². The summed E-state index contributed by atoms with van der Waals surface area (Å²) in [6.45, 7) is 1.49. The molecule has 1 aliphatic heterocycles. The van der Waals surface area contributed by atoms with E-state index in [1.54, 1.807) is 0 Å². The van der Waals surface area contributed by atoms with Crippen molar-refractivity contribution in [3.8, 4) is 0 Å². The van der Waals surface area contributed by atoms with Crippen molar-refractivity contribution < 1.29 is 28.7 Å². The van der Waals surface area contributed by atoms with E-state index < -0.39 is 24.1 Å². The van der Waals surface area contributed by atoms with Crippen LogP contribution < -0.4 is 10.2 Å². The molecular formula is C16H18N2O6S. The molecule has 0 unspecified atom stereocenters. The summed E-state index contributed by atoms with van der Waals surface area (Å²) in [6.07, 6.45) is -2.15. The van der Waals surface area contributed by atoms with Gasteiger partial charge in [0.1, 0.15) is 0 Å². The van der Waals surface area contributed by atoms with Crippen LogP contribution in [-0.2, 0) is 23.9 Å². The van der Waals surface area contributed by atoms with E-state index >= 15 is 0 Å². The third kappa shape index (κ3) is 4.96. The molecule has 0 spiro atoms. The number of anilines is 1. The van der Waals surface area contributed by atoms with Gasteiger partial charge in [-0.2, -0.15) is 0 Å². The molecule has 0 aromatic heterocycles. The van der Waals surface area contributed by atoms with Crippen LogP contribution in [0.5, 0.6) is 0 Å². The fourth-order valence-corrected chi connectivity index (χ4v) is 3.10. The van der Waals surface area contributed by atoms with Gasteiger partial charge in [-0.1, -0.05) is 12.1 Å². The number of alkyl carbamates (subject to hydrolysis) is 1. The molecule has 1 heterocycles. The van der Waals surface area contributed by atoms with E-state index in [4.69, 9.17) is 4.74 Å². The number of carbonyl (C=O) groups is 4. The third-order valence-corrected chi connectivity index (χ3v) is 4.48. The van der Waals surface area contributed by atoms with Gasteiger partial charge in [-0.3, -0.25) is 19.7 Å². The number of para-hydroxylation sites is 1. The fraction of sp³-hybridized carbons (Fsp3) is 0.375. The average molecular weight is 366 g/mol. The van der Waals surface area contributed by atoms with Gasteiger partial charge in [0.15, 0.2) is 6.10 Å². The number of esters is 1. The number of hydrogen-bond donors (Lipinski definition) is 1. The van der Waals surface area contributed by atoms with E-state index in [9.17, 15) is 19.2 Å². The number of imide groups is 1. The van der Waals surface area contributed by atoms with E-state index in [1.807, 2.05) is 29.6 Å². The zero-order valence-corrected chi connectivity index (χ0v) is 14.6. The maximum absolute atomic E-state index is 12.1. The summed E-state index contributed by atoms with van der Waals surface area (Å²) in [5.74, 6) is -1.20. The van der Waals surface area contributed by atoms with Crippen molar-refractivity contribution in [1.82, 2.24) is 5.32 Å². The lowest BCUT2D eigenvalue weighted by Crippen LogP contribution is -2.40. The average Bonchev–Trinajstić information content (AvgIpc) is 2.60. The van der Waals surface area contributed by atoms with Gasteiger partial charge in [0.25, 0.3) is 5.91 Å². The predicted molar refractivity (Wildman–Crippen MR) is 90.2 cm³/mol. The van der Waals surface area contributed by atoms with Gasteiger partial charge in [0.2, 0.25) is 5.91 Å². The molecule has 0 fully saturated rings. The lowest BCUT2D eigenvalue weighted by atomic mass is 10.2. The summed E-state index contributed by atoms with van der Waals surface area (Å²) in [4.78, 5) is 49.1. The molecule has 1 aliphatic rings. The highest BCUT2D eigenvalue weighted by Crippen LogP contribution is 2.34. The molecular weight excluding hydrogens is 348 g/mol. The number of thioether (sulfide) groups is 1. The van der Waals surface area contributed by atoms with E-state index in [0.717, 1.165) is 17.7 Å². The van der Waals surface area contributed by atoms with Crippen molar-refractivity contribution in [2.75, 3.05) is 24.3 Å². The van der Waals surface area contributed by atoms with Gasteiger partial charge >= 0.3 is 12.1 Å². The van der Waals surface area contributed by atoms with E-state index in [2.05, 4.69) is 4.74 Å². The smallest absolute Gasteiger partial charge is 0.413 e. The molecule has 0 radical (unpaired) electrons. The largest absolute Gasteiger partial charge is 0.453 e. The van der Waals surface area contributed by atoms with Crippen LogP contribution in [0.2, 0.25) is 0 Å². The molecule has 8 nitrogen and oxygen atoms in total. The second-order valence-corrected chi connectivity index (χ2v) is 6.18. The van der Waals surface area contributed by atoms with Crippen LogP contribution in [0.25, 0.3) is 0 Å². The first-order valence-corrected chi connectivity index (χ1v) is 8.51. The van der Waals surface area contributed by atoms with E-state index in [-0.39, 0.29) is 18.9 Å². The van der Waals surface area contributed by atoms with Crippen LogP contribution in [0.1, 0.15) is 13.3 Å². The molecule has 1 N–H and O–H groups in total. The second kappa shape index (κ2) is 8.52. The van der Waals surface area contributed by atoms with Gasteiger partial charge < -0.3 is 14.4 Å². The number of amides is 3. The number of ether oxygens (including phenoxy) is 2. The molecule has 9 heteroatoms. The highest BCUT2D eigenvalue weighted by molar-refractivity contribution is 8.00. The maximum atomic E-state index is 12.1. The molecule has 1 aromatic carbocycles. The summed E-state index contributed by atoms with van der Waals surface area (Å²) in [7, 11) is 1.12. The Kier molecular flexibility index (Phi) is 6.40. The quantitative estimate of drug-likeness (QED) is 0.784. The minimum absolute atomic E-state index is 0.0689. The van der Waals surface area contributed by atoms with E-state index in [1.165, 1.54) is 23.6 Å². The molecule has 0 saturated carbocycles. The molecule has 2 rings (SSSR count). The van der Waals surface area contributed by atoms with Gasteiger partial charge in [-0.15, -0.1) is 11.8 Å². The first-order chi connectivity index (χ1) is 11.9. The number of nitrogens with one attached hydrogen (secondary N) is 1. The highest BCUT2D eigenvalue weighted by atomic mass is 32.2. The van der Waals surface area contributed by atoms with Crippen LogP contribution in [0.3, 0.4) is 0 Å². The normalized spacial score (nSPS) is 14.3. The van der Waals surface area contributed by atoms with Crippen LogP contribution in [0.15, 0.2) is 29.2 Å². The lowest BCUT2D eigenvalue weighted by molar-refractivity contribution is -0.154. The SMILES string of the molecule is COC(=O)NC(=O)[C@H](C)OC(=O)CCN1C(=O)CSc2ccccc21. The first-order valence-electron chi connectivity index (χ1n) is 7.53. The minimum atomic E-state index is -1.15. The summed E-state index contributed by atoms with van der Waals surface area (Å²) < 4.78 is 9.26. The number of benzene rings is 1. The number of nitrogens with zero attached hydrogens (tertiary/aromatic N) is 1. The van der Waals surface area contributed by atoms with Crippen molar-refractivity contribution in [3.63, 3.8) is 0 Å². The van der Waals surface area contributed by atoms with Gasteiger partial charge in [-0.05, 0) is 19.1 Å². The lowest BCUT2D eigenvalue weighted by Gasteiger charge is -2.28. The number of methoxy groups -OCH3 is 1. The van der Waals surface area contributed by atoms with Gasteiger partial charge in [0.05, 0.1) is 25.0 Å². The minimum Gasteiger partial charge on any atom is -0.453 e. The topological polar surface area (TPSA) is 102 Å². The second-order valence-electron chi connectivity index (χ2n) is 5.16. The Bertz CT molecular complexity index is 693. The molecule has 0 bridgehead atoms. The van der Waals surface area contributed by atoms with Crippen molar-refractivity contribution in [3.05, 3.63) is 24.3 Å². The molecule has 1 atom stereocenters. The number of hydrogen-bond acceptors (Lipinski definition) is 7. The Hall–Kier alpha value is -2.55. The van der Waals surface area contributed by atoms with Crippen LogP contribution >= 0.6 is 11.8 Å². The molecule has 25 heavy (non-hydrogen) atoms. The zero-order valence-electron chi connectivity index (χ0n) is 13.8. The van der Waals surface area contributed by atoms with Crippen molar-refractivity contribution in [1.29, 1.82) is 0 Å². The Morgan fingerprint density at radius 1 is 1.32 bits per heavy atom. The standard InChI is InChI=1S/C16H18N2O6S/c1-10(15(21)17-16(22)23-2)24-14(20)7-8-18-11-5-3-4-6-12(11)25-9-13(18)19/h3-6,10H,7-9H2,1-2H3,(H,17,21,22)/t10-/m0/s1. The number of fused-ring (bicyclic) bond motifs is 1. The first kappa shape index (κ1) is 18.8. The predicted octanol–water partition coefficient (Wildman–Crippen LogP) is 1.33. The fourth-order valence-electron chi connectivity index (χ4n) is 2.17. The number of carbonyl (C=O) groups excluding carboxylic acids is 4. The highest BCUT2D eigenvalue weighted by Gasteiger charge is 2.26. The van der Waals surface area contributed by atoms with Gasteiger partial charge in [0, 0.05) is 11.4 Å². The zero-order chi connectivity index (χ0) is 18.4. The third-order valence-electron chi connectivity index (χ3n) is 3.44. The summed E-state index contributed by atoms with van der Waals surface area (Å²) >= 11 is 1.45. The molecule has 1 aromatic rings. The molecule has 0 saturated heterocycles. The Balaban J connectivity index is 1.89. The van der Waals surface area contributed by atoms with Crippen LogP contribution in [-0.4, -0.2) is 49.4 Å². The Morgan fingerprint density at radius 2 is 2.04 bits per heavy atom. The van der Waals surface area contributed by atoms with Crippen LogP contribution in [0.4, 0.5) is 10.5 Å². The molecule has 3 amide bonds. The molecule has 134 valence electrons. The van der Waals surface area contributed by atoms with Crippen molar-refractivity contribution >= 4 is 41.3 Å². The number of rotatable bonds is 5. The Morgan fingerprint density at radius 3 is 2.76 bits per heavy atom. The van der Waals surface area contributed by atoms with Crippen LogP contribution in [0, 0.1) is 0 Å². The maximum Gasteiger partial charge on any atom is 0.413 e. The summed E-state index contributed by atoms with van der Waals surface area (Å²) in [5.41, 5.74) is 0.757. The van der Waals surface area contributed by atoms with Crippen molar-refractivity contribution in [2.24, 2.45) is 0 Å². The summed E-state index contributed by atoms with van der Waals surface area (Å²) in [6, 6.07) is 7.44. The van der Waals surface area contributed by atoms with Gasteiger partial charge in [-0.25, -0.2) is 4.79 Å². The monoisotopic (exact) mass is 366 g/mol. The molecule has 0 aliphatic carbocycles. The Labute approximate surface area is 148 Å². The van der Waals surface area contributed by atoms with E-state index in [0.29, 0.717) is 5.75 Å². The summed E-state index contributed by atoms with van der Waals surface area (Å²) in [5, 5.41) is 1.92.